The topological polar surface area (TPSA) is 87.7 Å². The summed E-state index contributed by atoms with van der Waals surface area (Å²) >= 11 is 0. The van der Waals surface area contributed by atoms with Crippen LogP contribution in [0.2, 0.25) is 0 Å². The van der Waals surface area contributed by atoms with Crippen LogP contribution in [0, 0.1) is 0 Å². The average Bonchev–Trinajstić information content (AvgIpc) is 2.32. The first-order valence-electron chi connectivity index (χ1n) is 7.16. The highest BCUT2D eigenvalue weighted by atomic mass is 16.6. The van der Waals surface area contributed by atoms with Gasteiger partial charge in [-0.25, -0.2) is 4.79 Å². The van der Waals surface area contributed by atoms with E-state index in [1.54, 1.807) is 20.8 Å². The van der Waals surface area contributed by atoms with Crippen molar-refractivity contribution in [3.05, 3.63) is 0 Å². The predicted octanol–water partition coefficient (Wildman–Crippen LogP) is 1.57. The van der Waals surface area contributed by atoms with E-state index < -0.39 is 29.7 Å². The first-order chi connectivity index (χ1) is 9.21. The molecule has 0 fully saturated rings. The largest absolute Gasteiger partial charge is 0.444 e. The molecule has 0 radical (unpaired) electrons. The van der Waals surface area contributed by atoms with Gasteiger partial charge in [0.05, 0.1) is 6.04 Å². The van der Waals surface area contributed by atoms with Crippen LogP contribution in [-0.4, -0.2) is 41.4 Å². The zero-order valence-corrected chi connectivity index (χ0v) is 13.2. The Labute approximate surface area is 121 Å². The Balaban J connectivity index is 4.54. The van der Waals surface area contributed by atoms with Gasteiger partial charge >= 0.3 is 6.09 Å². The molecule has 6 heteroatoms. The van der Waals surface area contributed by atoms with Gasteiger partial charge in [0, 0.05) is 6.54 Å². The van der Waals surface area contributed by atoms with Crippen LogP contribution in [0.15, 0.2) is 0 Å². The molecule has 0 heterocycles. The maximum Gasteiger partial charge on any atom is 0.407 e. The van der Waals surface area contributed by atoms with Crippen molar-refractivity contribution >= 4 is 12.0 Å². The SMILES string of the molecule is CCCNC(=O)C(O)C(CCC)NC(=O)OC(C)(C)C. The molecule has 0 saturated heterocycles. The highest BCUT2D eigenvalue weighted by Gasteiger charge is 2.28. The second kappa shape index (κ2) is 8.79. The lowest BCUT2D eigenvalue weighted by Crippen LogP contribution is -2.51. The van der Waals surface area contributed by atoms with E-state index in [1.165, 1.54) is 0 Å². The normalized spacial score (nSPS) is 14.3. The van der Waals surface area contributed by atoms with E-state index in [2.05, 4.69) is 10.6 Å². The number of amides is 2. The smallest absolute Gasteiger partial charge is 0.407 e. The highest BCUT2D eigenvalue weighted by Crippen LogP contribution is 2.09. The number of nitrogens with one attached hydrogen (secondary N) is 2. The molecule has 0 aliphatic rings. The Morgan fingerprint density at radius 2 is 1.80 bits per heavy atom. The molecule has 2 unspecified atom stereocenters. The van der Waals surface area contributed by atoms with Crippen LogP contribution in [0.5, 0.6) is 0 Å². The number of hydrogen-bond acceptors (Lipinski definition) is 4. The molecule has 0 bridgehead atoms. The third kappa shape index (κ3) is 7.99. The molecule has 0 aromatic heterocycles. The second-order valence-electron chi connectivity index (χ2n) is 5.78. The summed E-state index contributed by atoms with van der Waals surface area (Å²) in [5.41, 5.74) is -0.615. The molecule has 2 atom stereocenters. The summed E-state index contributed by atoms with van der Waals surface area (Å²) in [7, 11) is 0. The molecule has 0 aromatic rings. The van der Waals surface area contributed by atoms with Crippen molar-refractivity contribution in [3.8, 4) is 0 Å². The predicted molar refractivity (Wildman–Crippen MR) is 77.4 cm³/mol. The van der Waals surface area contributed by atoms with Crippen LogP contribution in [0.25, 0.3) is 0 Å². The van der Waals surface area contributed by atoms with E-state index in [0.717, 1.165) is 12.8 Å². The summed E-state index contributed by atoms with van der Waals surface area (Å²) in [5, 5.41) is 15.2. The zero-order chi connectivity index (χ0) is 15.8. The lowest BCUT2D eigenvalue weighted by atomic mass is 10.1. The maximum absolute atomic E-state index is 11.7. The van der Waals surface area contributed by atoms with Gasteiger partial charge in [-0.1, -0.05) is 20.3 Å². The Morgan fingerprint density at radius 1 is 1.20 bits per heavy atom. The molecular weight excluding hydrogens is 260 g/mol. The number of aliphatic hydroxyl groups is 1. The van der Waals surface area contributed by atoms with Crippen molar-refractivity contribution in [2.45, 2.75) is 71.6 Å². The van der Waals surface area contributed by atoms with Crippen molar-refractivity contribution in [1.82, 2.24) is 10.6 Å². The van der Waals surface area contributed by atoms with Crippen molar-refractivity contribution < 1.29 is 19.4 Å². The number of aliphatic hydroxyl groups excluding tert-OH is 1. The van der Waals surface area contributed by atoms with Crippen LogP contribution in [0.1, 0.15) is 53.9 Å². The molecule has 0 aliphatic carbocycles. The van der Waals surface area contributed by atoms with Crippen molar-refractivity contribution in [3.63, 3.8) is 0 Å². The molecule has 6 nitrogen and oxygen atoms in total. The van der Waals surface area contributed by atoms with Gasteiger partial charge in [-0.15, -0.1) is 0 Å². The molecule has 0 aromatic carbocycles. The van der Waals surface area contributed by atoms with Crippen LogP contribution in [0.4, 0.5) is 4.79 Å². The fourth-order valence-corrected chi connectivity index (χ4v) is 1.61. The van der Waals surface area contributed by atoms with Gasteiger partial charge in [-0.2, -0.15) is 0 Å². The number of ether oxygens (including phenoxy) is 1. The second-order valence-corrected chi connectivity index (χ2v) is 5.78. The minimum atomic E-state index is -1.27. The molecule has 3 N–H and O–H groups in total. The number of hydrogen-bond donors (Lipinski definition) is 3. The third-order valence-electron chi connectivity index (χ3n) is 2.50. The van der Waals surface area contributed by atoms with Crippen LogP contribution in [0.3, 0.4) is 0 Å². The Morgan fingerprint density at radius 3 is 2.25 bits per heavy atom. The van der Waals surface area contributed by atoms with E-state index >= 15 is 0 Å². The van der Waals surface area contributed by atoms with Crippen LogP contribution >= 0.6 is 0 Å². The number of rotatable bonds is 7. The van der Waals surface area contributed by atoms with Gasteiger partial charge in [0.25, 0.3) is 5.91 Å². The van der Waals surface area contributed by atoms with Crippen LogP contribution < -0.4 is 10.6 Å². The van der Waals surface area contributed by atoms with Gasteiger partial charge < -0.3 is 20.5 Å². The fourth-order valence-electron chi connectivity index (χ4n) is 1.61. The van der Waals surface area contributed by atoms with Gasteiger partial charge in [0.1, 0.15) is 5.60 Å². The molecule has 0 aliphatic heterocycles. The quantitative estimate of drug-likeness (QED) is 0.663. The minimum absolute atomic E-state index is 0.471. The lowest BCUT2D eigenvalue weighted by Gasteiger charge is -2.26. The van der Waals surface area contributed by atoms with E-state index in [9.17, 15) is 14.7 Å². The Hall–Kier alpha value is -1.30. The summed E-state index contributed by atoms with van der Waals surface area (Å²) < 4.78 is 5.13. The summed E-state index contributed by atoms with van der Waals surface area (Å²) in [5.74, 6) is -0.471. The molecule has 20 heavy (non-hydrogen) atoms. The summed E-state index contributed by atoms with van der Waals surface area (Å²) in [4.78, 5) is 23.4. The van der Waals surface area contributed by atoms with Crippen molar-refractivity contribution in [2.75, 3.05) is 6.54 Å². The minimum Gasteiger partial charge on any atom is -0.444 e. The molecule has 2 amide bonds. The Kier molecular flexibility index (Phi) is 8.22. The lowest BCUT2D eigenvalue weighted by molar-refractivity contribution is -0.130. The zero-order valence-electron chi connectivity index (χ0n) is 13.2. The van der Waals surface area contributed by atoms with Gasteiger partial charge in [0.2, 0.25) is 0 Å². The third-order valence-corrected chi connectivity index (χ3v) is 2.50. The average molecular weight is 288 g/mol. The van der Waals surface area contributed by atoms with Crippen molar-refractivity contribution in [2.24, 2.45) is 0 Å². The fraction of sp³-hybridized carbons (Fsp3) is 0.857. The maximum atomic E-state index is 11.7. The number of carbonyl (C=O) groups excluding carboxylic acids is 2. The molecular formula is C14H28N2O4. The molecule has 0 rings (SSSR count). The summed E-state index contributed by atoms with van der Waals surface area (Å²) in [6.45, 7) is 9.61. The van der Waals surface area contributed by atoms with Gasteiger partial charge in [-0.05, 0) is 33.6 Å². The van der Waals surface area contributed by atoms with E-state index in [4.69, 9.17) is 4.74 Å². The van der Waals surface area contributed by atoms with Crippen molar-refractivity contribution in [1.29, 1.82) is 0 Å². The number of carbonyl (C=O) groups is 2. The Bertz CT molecular complexity index is 313. The van der Waals surface area contributed by atoms with Gasteiger partial charge in [-0.3, -0.25) is 4.79 Å². The molecule has 0 saturated carbocycles. The van der Waals surface area contributed by atoms with E-state index in [0.29, 0.717) is 13.0 Å². The van der Waals surface area contributed by atoms with Gasteiger partial charge in [0.15, 0.2) is 6.10 Å². The monoisotopic (exact) mass is 288 g/mol. The van der Waals surface area contributed by atoms with E-state index in [1.807, 2.05) is 13.8 Å². The van der Waals surface area contributed by atoms with Crippen LogP contribution in [-0.2, 0) is 9.53 Å². The summed E-state index contributed by atoms with van der Waals surface area (Å²) in [6.07, 6.45) is 0.127. The summed E-state index contributed by atoms with van der Waals surface area (Å²) in [6, 6.07) is -0.647. The first kappa shape index (κ1) is 18.7. The first-order valence-corrected chi connectivity index (χ1v) is 7.16. The standard InChI is InChI=1S/C14H28N2O4/c1-6-8-10(11(17)12(18)15-9-7-2)16-13(19)20-14(3,4)5/h10-11,17H,6-9H2,1-5H3,(H,15,18)(H,16,19). The molecule has 118 valence electrons. The molecule has 0 spiro atoms. The number of alkyl carbamates (subject to hydrolysis) is 1. The highest BCUT2D eigenvalue weighted by molar-refractivity contribution is 5.82. The van der Waals surface area contributed by atoms with E-state index in [-0.39, 0.29) is 0 Å².